The molecule has 0 saturated carbocycles. The first-order valence-electron chi connectivity index (χ1n) is 7.86. The maximum atomic E-state index is 13.6. The summed E-state index contributed by atoms with van der Waals surface area (Å²) in [4.78, 5) is 24.2. The number of amides is 2. The van der Waals surface area contributed by atoms with Crippen molar-refractivity contribution < 1.29 is 42.1 Å². The number of urea groups is 1. The van der Waals surface area contributed by atoms with Crippen molar-refractivity contribution in [2.24, 2.45) is 5.92 Å². The highest BCUT2D eigenvalue weighted by atomic mass is 19.4. The van der Waals surface area contributed by atoms with Gasteiger partial charge < -0.3 is 30.0 Å². The standard InChI is InChI=1S/C16H19F3N2O6/c1-4-27-13(22)10-11(8-6-5-7-9(25-2)12(8)26-3)20-14(23)21-15(10,24)16(17,18)19/h5-7,10-11,24H,4H2,1-3H3,(H2,20,21,23)/t10-,11-,15+/m0/s1. The minimum Gasteiger partial charge on any atom is -0.493 e. The molecule has 0 bridgehead atoms. The second-order valence-electron chi connectivity index (χ2n) is 5.65. The van der Waals surface area contributed by atoms with Crippen molar-refractivity contribution in [2.45, 2.75) is 24.9 Å². The lowest BCUT2D eigenvalue weighted by Gasteiger charge is -2.44. The summed E-state index contributed by atoms with van der Waals surface area (Å²) in [6.45, 7) is 1.18. The van der Waals surface area contributed by atoms with Gasteiger partial charge in [-0.25, -0.2) is 4.79 Å². The van der Waals surface area contributed by atoms with Gasteiger partial charge in [0.25, 0.3) is 5.72 Å². The molecule has 0 aliphatic carbocycles. The second kappa shape index (κ2) is 7.51. The van der Waals surface area contributed by atoms with Crippen LogP contribution in [0.1, 0.15) is 18.5 Å². The first-order chi connectivity index (χ1) is 12.6. The highest BCUT2D eigenvalue weighted by molar-refractivity contribution is 5.83. The number of hydrogen-bond acceptors (Lipinski definition) is 6. The molecule has 1 aromatic rings. The van der Waals surface area contributed by atoms with Gasteiger partial charge in [0.05, 0.1) is 26.9 Å². The van der Waals surface area contributed by atoms with E-state index < -0.39 is 35.9 Å². The molecule has 1 aliphatic rings. The molecular weight excluding hydrogens is 373 g/mol. The summed E-state index contributed by atoms with van der Waals surface area (Å²) in [6, 6.07) is 1.36. The summed E-state index contributed by atoms with van der Waals surface area (Å²) in [5.74, 6) is -3.41. The van der Waals surface area contributed by atoms with Gasteiger partial charge in [-0.05, 0) is 13.0 Å². The molecular formula is C16H19F3N2O6. The van der Waals surface area contributed by atoms with Gasteiger partial charge in [0.15, 0.2) is 11.5 Å². The lowest BCUT2D eigenvalue weighted by atomic mass is 9.81. The lowest BCUT2D eigenvalue weighted by molar-refractivity contribution is -0.294. The molecule has 1 heterocycles. The number of ether oxygens (including phenoxy) is 3. The molecule has 0 radical (unpaired) electrons. The van der Waals surface area contributed by atoms with Crippen LogP contribution < -0.4 is 20.1 Å². The third-order valence-corrected chi connectivity index (χ3v) is 4.12. The Morgan fingerprint density at radius 1 is 1.30 bits per heavy atom. The van der Waals surface area contributed by atoms with Gasteiger partial charge in [0.1, 0.15) is 5.92 Å². The number of methoxy groups -OCH3 is 2. The van der Waals surface area contributed by atoms with Crippen molar-refractivity contribution in [3.63, 3.8) is 0 Å². The van der Waals surface area contributed by atoms with Gasteiger partial charge in [0.2, 0.25) is 0 Å². The van der Waals surface area contributed by atoms with E-state index in [1.54, 1.807) is 0 Å². The van der Waals surface area contributed by atoms with E-state index in [0.29, 0.717) is 0 Å². The van der Waals surface area contributed by atoms with E-state index >= 15 is 0 Å². The number of aliphatic hydroxyl groups is 1. The first-order valence-corrected chi connectivity index (χ1v) is 7.86. The average molecular weight is 392 g/mol. The zero-order chi connectivity index (χ0) is 20.4. The van der Waals surface area contributed by atoms with Crippen molar-refractivity contribution >= 4 is 12.0 Å². The molecule has 150 valence electrons. The van der Waals surface area contributed by atoms with E-state index in [0.717, 1.165) is 0 Å². The van der Waals surface area contributed by atoms with Gasteiger partial charge in [-0.2, -0.15) is 13.2 Å². The molecule has 27 heavy (non-hydrogen) atoms. The topological polar surface area (TPSA) is 106 Å². The van der Waals surface area contributed by atoms with Crippen molar-refractivity contribution in [3.05, 3.63) is 23.8 Å². The monoisotopic (exact) mass is 392 g/mol. The van der Waals surface area contributed by atoms with Crippen molar-refractivity contribution in [1.82, 2.24) is 10.6 Å². The number of halogens is 3. The number of esters is 1. The van der Waals surface area contributed by atoms with Gasteiger partial charge in [-0.1, -0.05) is 12.1 Å². The zero-order valence-corrected chi connectivity index (χ0v) is 14.7. The molecule has 0 aromatic heterocycles. The second-order valence-corrected chi connectivity index (χ2v) is 5.65. The number of para-hydroxylation sites is 1. The largest absolute Gasteiger partial charge is 0.493 e. The quantitative estimate of drug-likeness (QED) is 0.656. The Morgan fingerprint density at radius 2 is 1.96 bits per heavy atom. The highest BCUT2D eigenvalue weighted by Gasteiger charge is 2.67. The van der Waals surface area contributed by atoms with Crippen LogP contribution in [0.3, 0.4) is 0 Å². The number of carbonyl (C=O) groups is 2. The van der Waals surface area contributed by atoms with Crippen LogP contribution in [0.2, 0.25) is 0 Å². The van der Waals surface area contributed by atoms with E-state index in [4.69, 9.17) is 14.2 Å². The van der Waals surface area contributed by atoms with Crippen molar-refractivity contribution in [3.8, 4) is 11.5 Å². The van der Waals surface area contributed by atoms with E-state index in [1.165, 1.54) is 44.7 Å². The van der Waals surface area contributed by atoms with Crippen LogP contribution in [0.15, 0.2) is 18.2 Å². The van der Waals surface area contributed by atoms with Crippen molar-refractivity contribution in [2.75, 3.05) is 20.8 Å². The Hall–Kier alpha value is -2.69. The van der Waals surface area contributed by atoms with E-state index in [2.05, 4.69) is 5.32 Å². The van der Waals surface area contributed by atoms with Crippen LogP contribution >= 0.6 is 0 Å². The number of hydrogen-bond donors (Lipinski definition) is 3. The van der Waals surface area contributed by atoms with Crippen LogP contribution in [0.5, 0.6) is 11.5 Å². The number of benzene rings is 1. The molecule has 2 amide bonds. The minimum atomic E-state index is -5.35. The summed E-state index contributed by atoms with van der Waals surface area (Å²) in [6.07, 6.45) is -5.35. The molecule has 1 aromatic carbocycles. The normalized spacial score (nSPS) is 25.2. The number of carbonyl (C=O) groups excluding carboxylic acids is 2. The molecule has 1 aliphatic heterocycles. The summed E-state index contributed by atoms with van der Waals surface area (Å²) in [5.41, 5.74) is -3.84. The lowest BCUT2D eigenvalue weighted by Crippen LogP contribution is -2.73. The number of nitrogens with one attached hydrogen (secondary N) is 2. The molecule has 1 saturated heterocycles. The fraction of sp³-hybridized carbons (Fsp3) is 0.500. The van der Waals surface area contributed by atoms with Crippen LogP contribution in [0.4, 0.5) is 18.0 Å². The Labute approximate surface area is 152 Å². The van der Waals surface area contributed by atoms with Crippen LogP contribution in [-0.4, -0.2) is 49.8 Å². The number of alkyl halides is 3. The fourth-order valence-electron chi connectivity index (χ4n) is 2.95. The van der Waals surface area contributed by atoms with Crippen molar-refractivity contribution in [1.29, 1.82) is 0 Å². The summed E-state index contributed by atoms with van der Waals surface area (Å²) < 4.78 is 55.8. The Bertz CT molecular complexity index is 727. The molecule has 8 nitrogen and oxygen atoms in total. The number of rotatable bonds is 5. The molecule has 1 fully saturated rings. The SMILES string of the molecule is CCOC(=O)[C@@H]1[C@H](c2cccc(OC)c2OC)NC(=O)N[C@]1(O)C(F)(F)F. The van der Waals surface area contributed by atoms with E-state index in [1.807, 2.05) is 0 Å². The van der Waals surface area contributed by atoms with Gasteiger partial charge in [-0.15, -0.1) is 0 Å². The maximum absolute atomic E-state index is 13.6. The molecule has 0 spiro atoms. The fourth-order valence-corrected chi connectivity index (χ4v) is 2.95. The Kier molecular flexibility index (Phi) is 5.73. The molecule has 0 unspecified atom stereocenters. The minimum absolute atomic E-state index is 0.00558. The van der Waals surface area contributed by atoms with E-state index in [9.17, 15) is 27.9 Å². The van der Waals surface area contributed by atoms with E-state index in [-0.39, 0.29) is 23.7 Å². The van der Waals surface area contributed by atoms with Crippen LogP contribution in [0.25, 0.3) is 0 Å². The van der Waals surface area contributed by atoms with Gasteiger partial charge in [-0.3, -0.25) is 4.79 Å². The third-order valence-electron chi connectivity index (χ3n) is 4.12. The van der Waals surface area contributed by atoms with Crippen LogP contribution in [-0.2, 0) is 9.53 Å². The molecule has 3 atom stereocenters. The smallest absolute Gasteiger partial charge is 0.437 e. The van der Waals surface area contributed by atoms with Gasteiger partial charge in [0, 0.05) is 5.56 Å². The summed E-state index contributed by atoms with van der Waals surface area (Å²) in [5, 5.41) is 13.9. The Morgan fingerprint density at radius 3 is 2.48 bits per heavy atom. The molecule has 2 rings (SSSR count). The zero-order valence-electron chi connectivity index (χ0n) is 14.7. The predicted octanol–water partition coefficient (Wildman–Crippen LogP) is 1.49. The highest BCUT2D eigenvalue weighted by Crippen LogP contribution is 2.46. The molecule has 3 N–H and O–H groups in total. The Balaban J connectivity index is 2.68. The summed E-state index contributed by atoms with van der Waals surface area (Å²) in [7, 11) is 2.57. The third kappa shape index (κ3) is 3.59. The molecule has 11 heteroatoms. The average Bonchev–Trinajstić information content (AvgIpc) is 2.59. The predicted molar refractivity (Wildman–Crippen MR) is 85.1 cm³/mol. The van der Waals surface area contributed by atoms with Gasteiger partial charge >= 0.3 is 18.2 Å². The van der Waals surface area contributed by atoms with Crippen LogP contribution in [0, 0.1) is 5.92 Å². The summed E-state index contributed by atoms with van der Waals surface area (Å²) >= 11 is 0. The maximum Gasteiger partial charge on any atom is 0.437 e. The first kappa shape index (κ1) is 20.6.